The zero-order valence-corrected chi connectivity index (χ0v) is 19.8. The van der Waals surface area contributed by atoms with Crippen LogP contribution in [0.25, 0.3) is 11.0 Å². The summed E-state index contributed by atoms with van der Waals surface area (Å²) in [6, 6.07) is 9.45. The zero-order chi connectivity index (χ0) is 24.0. The molecule has 0 N–H and O–H groups in total. The maximum atomic E-state index is 13.8. The molecule has 0 spiro atoms. The number of para-hydroxylation sites is 1. The van der Waals surface area contributed by atoms with Crippen LogP contribution in [0.3, 0.4) is 0 Å². The van der Waals surface area contributed by atoms with Gasteiger partial charge in [0, 0.05) is 11.6 Å². The number of benzene rings is 2. The normalized spacial score (nSPS) is 15.0. The van der Waals surface area contributed by atoms with E-state index in [1.165, 1.54) is 30.5 Å². The number of fused-ring (bicyclic) bond motifs is 2. The van der Waals surface area contributed by atoms with E-state index in [1.54, 1.807) is 43.3 Å². The highest BCUT2D eigenvalue weighted by molar-refractivity contribution is 7.15. The summed E-state index contributed by atoms with van der Waals surface area (Å²) >= 11 is 1.25. The Morgan fingerprint density at radius 3 is 2.62 bits per heavy atom. The number of methoxy groups -OCH3 is 2. The lowest BCUT2D eigenvalue weighted by Gasteiger charge is -2.24. The molecule has 1 unspecified atom stereocenters. The van der Waals surface area contributed by atoms with Gasteiger partial charge in [0.2, 0.25) is 10.9 Å². The minimum atomic E-state index is -0.841. The lowest BCUT2D eigenvalue weighted by Crippen LogP contribution is -2.29. The summed E-state index contributed by atoms with van der Waals surface area (Å²) < 4.78 is 22.7. The first kappa shape index (κ1) is 21.9. The molecule has 4 aromatic rings. The minimum absolute atomic E-state index is 0.0473. The highest BCUT2D eigenvalue weighted by atomic mass is 32.1. The smallest absolute Gasteiger partial charge is 0.297 e. The minimum Gasteiger partial charge on any atom is -0.494 e. The van der Waals surface area contributed by atoms with Crippen LogP contribution >= 0.6 is 11.3 Å². The maximum Gasteiger partial charge on any atom is 0.297 e. The van der Waals surface area contributed by atoms with Crippen LogP contribution in [0.15, 0.2) is 45.6 Å². The Morgan fingerprint density at radius 1 is 1.12 bits per heavy atom. The molecule has 0 fully saturated rings. The van der Waals surface area contributed by atoms with E-state index in [0.717, 1.165) is 0 Å². The molecule has 0 bridgehead atoms. The molecule has 34 heavy (non-hydrogen) atoms. The zero-order valence-electron chi connectivity index (χ0n) is 18.9. The molecular formula is C24H21N3O6S. The molecule has 0 aliphatic carbocycles. The third-order valence-electron chi connectivity index (χ3n) is 5.60. The number of ether oxygens (including phenoxy) is 3. The summed E-state index contributed by atoms with van der Waals surface area (Å²) in [4.78, 5) is 28.9. The Kier molecular flexibility index (Phi) is 5.45. The standard InChI is InChI=1S/C24H21N3O6S/c1-5-32-13-9-10-14-17(11-13)33-22-18(20(14)28)19(15-7-6-8-16(30-3)21(15)31-4)27(23(22)29)24-26-25-12(2)34-24/h6-11,19H,5H2,1-4H3. The average molecular weight is 480 g/mol. The van der Waals surface area contributed by atoms with Gasteiger partial charge in [0.15, 0.2) is 16.9 Å². The largest absolute Gasteiger partial charge is 0.494 e. The molecule has 0 saturated heterocycles. The van der Waals surface area contributed by atoms with E-state index in [-0.39, 0.29) is 22.3 Å². The second kappa shape index (κ2) is 8.45. The van der Waals surface area contributed by atoms with Gasteiger partial charge in [-0.2, -0.15) is 0 Å². The molecule has 1 amide bonds. The van der Waals surface area contributed by atoms with Gasteiger partial charge in [0.25, 0.3) is 5.91 Å². The Hall–Kier alpha value is -3.92. The Bertz CT molecular complexity index is 1480. The van der Waals surface area contributed by atoms with Crippen molar-refractivity contribution in [2.24, 2.45) is 0 Å². The average Bonchev–Trinajstić information content (AvgIpc) is 3.39. The molecule has 9 nitrogen and oxygen atoms in total. The van der Waals surface area contributed by atoms with E-state index >= 15 is 0 Å². The van der Waals surface area contributed by atoms with Gasteiger partial charge in [-0.15, -0.1) is 10.2 Å². The van der Waals surface area contributed by atoms with Gasteiger partial charge in [-0.05, 0) is 32.0 Å². The van der Waals surface area contributed by atoms with Crippen molar-refractivity contribution in [3.05, 3.63) is 68.5 Å². The molecule has 0 radical (unpaired) electrons. The predicted molar refractivity (Wildman–Crippen MR) is 126 cm³/mol. The molecule has 10 heteroatoms. The van der Waals surface area contributed by atoms with Crippen molar-refractivity contribution in [2.75, 3.05) is 25.7 Å². The second-order valence-electron chi connectivity index (χ2n) is 7.53. The van der Waals surface area contributed by atoms with Gasteiger partial charge in [-0.25, -0.2) is 0 Å². The van der Waals surface area contributed by atoms with Crippen LogP contribution in [-0.2, 0) is 0 Å². The lowest BCUT2D eigenvalue weighted by atomic mass is 9.97. The number of aryl methyl sites for hydroxylation is 1. The van der Waals surface area contributed by atoms with E-state index in [9.17, 15) is 9.59 Å². The van der Waals surface area contributed by atoms with Crippen molar-refractivity contribution in [2.45, 2.75) is 19.9 Å². The number of carbonyl (C=O) groups is 1. The number of amides is 1. The van der Waals surface area contributed by atoms with Gasteiger partial charge in [-0.3, -0.25) is 14.5 Å². The van der Waals surface area contributed by atoms with Crippen molar-refractivity contribution in [3.63, 3.8) is 0 Å². The molecular weight excluding hydrogens is 458 g/mol. The number of rotatable bonds is 6. The van der Waals surface area contributed by atoms with Gasteiger partial charge in [-0.1, -0.05) is 23.5 Å². The highest BCUT2D eigenvalue weighted by Crippen LogP contribution is 2.46. The summed E-state index contributed by atoms with van der Waals surface area (Å²) in [7, 11) is 3.04. The first-order valence-electron chi connectivity index (χ1n) is 10.6. The lowest BCUT2D eigenvalue weighted by molar-refractivity contribution is 0.0970. The van der Waals surface area contributed by atoms with Crippen molar-refractivity contribution in [3.8, 4) is 17.2 Å². The third-order valence-corrected chi connectivity index (χ3v) is 6.44. The number of carbonyl (C=O) groups excluding carboxylic acids is 1. The first-order chi connectivity index (χ1) is 16.5. The van der Waals surface area contributed by atoms with Crippen LogP contribution in [-0.4, -0.2) is 36.9 Å². The van der Waals surface area contributed by atoms with Crippen molar-refractivity contribution >= 4 is 33.3 Å². The van der Waals surface area contributed by atoms with E-state index in [4.69, 9.17) is 18.6 Å². The van der Waals surface area contributed by atoms with Gasteiger partial charge in [0.1, 0.15) is 22.4 Å². The van der Waals surface area contributed by atoms with Crippen LogP contribution in [0.4, 0.5) is 5.13 Å². The SMILES string of the molecule is CCOc1ccc2c(=O)c3c(oc2c1)C(=O)N(c1nnc(C)s1)C3c1cccc(OC)c1OC. The van der Waals surface area contributed by atoms with Crippen molar-refractivity contribution in [1.29, 1.82) is 0 Å². The number of aromatic nitrogens is 2. The molecule has 1 atom stereocenters. The molecule has 174 valence electrons. The van der Waals surface area contributed by atoms with Crippen LogP contribution in [0, 0.1) is 6.92 Å². The van der Waals surface area contributed by atoms with Crippen molar-refractivity contribution in [1.82, 2.24) is 10.2 Å². The number of hydrogen-bond acceptors (Lipinski definition) is 9. The van der Waals surface area contributed by atoms with Crippen molar-refractivity contribution < 1.29 is 23.4 Å². The predicted octanol–water partition coefficient (Wildman–Crippen LogP) is 4.12. The molecule has 0 saturated carbocycles. The molecule has 1 aliphatic heterocycles. The molecule has 1 aliphatic rings. The quantitative estimate of drug-likeness (QED) is 0.407. The van der Waals surface area contributed by atoms with Crippen LogP contribution < -0.4 is 24.5 Å². The van der Waals surface area contributed by atoms with Gasteiger partial charge < -0.3 is 18.6 Å². The Balaban J connectivity index is 1.81. The monoisotopic (exact) mass is 479 g/mol. The Morgan fingerprint density at radius 2 is 1.94 bits per heavy atom. The van der Waals surface area contributed by atoms with E-state index in [1.807, 2.05) is 6.92 Å². The summed E-state index contributed by atoms with van der Waals surface area (Å²) in [5, 5.41) is 9.62. The summed E-state index contributed by atoms with van der Waals surface area (Å²) in [6.07, 6.45) is 0. The fourth-order valence-electron chi connectivity index (χ4n) is 4.21. The molecule has 2 aromatic heterocycles. The molecule has 5 rings (SSSR count). The number of hydrogen-bond donors (Lipinski definition) is 0. The first-order valence-corrected chi connectivity index (χ1v) is 11.4. The van der Waals surface area contributed by atoms with Crippen LogP contribution in [0.5, 0.6) is 17.2 Å². The third kappa shape index (κ3) is 3.29. The fraction of sp³-hybridized carbons (Fsp3) is 0.250. The van der Waals surface area contributed by atoms with E-state index in [0.29, 0.717) is 44.9 Å². The van der Waals surface area contributed by atoms with E-state index < -0.39 is 11.9 Å². The maximum absolute atomic E-state index is 13.8. The topological polar surface area (TPSA) is 104 Å². The van der Waals surface area contributed by atoms with Crippen LogP contribution in [0.2, 0.25) is 0 Å². The molecule has 2 aromatic carbocycles. The fourth-order valence-corrected chi connectivity index (χ4v) is 4.92. The highest BCUT2D eigenvalue weighted by Gasteiger charge is 2.46. The summed E-state index contributed by atoms with van der Waals surface area (Å²) in [5.41, 5.74) is 0.737. The van der Waals surface area contributed by atoms with Gasteiger partial charge >= 0.3 is 0 Å². The molecule has 3 heterocycles. The number of nitrogens with zero attached hydrogens (tertiary/aromatic N) is 3. The Labute approximate surface area is 198 Å². The van der Waals surface area contributed by atoms with E-state index in [2.05, 4.69) is 10.2 Å². The number of anilines is 1. The second-order valence-corrected chi connectivity index (χ2v) is 8.69. The summed E-state index contributed by atoms with van der Waals surface area (Å²) in [6.45, 7) is 4.12. The summed E-state index contributed by atoms with van der Waals surface area (Å²) in [5.74, 6) is 0.899. The van der Waals surface area contributed by atoms with Crippen LogP contribution in [0.1, 0.15) is 39.7 Å². The van der Waals surface area contributed by atoms with Gasteiger partial charge in [0.05, 0.1) is 31.8 Å².